The third kappa shape index (κ3) is 3.89. The van der Waals surface area contributed by atoms with Crippen molar-refractivity contribution in [2.75, 3.05) is 21.3 Å². The van der Waals surface area contributed by atoms with E-state index in [9.17, 15) is 9.59 Å². The number of ketones is 1. The monoisotopic (exact) mass is 436 g/mol. The molecule has 2 heterocycles. The van der Waals surface area contributed by atoms with Crippen molar-refractivity contribution in [1.29, 1.82) is 0 Å². The van der Waals surface area contributed by atoms with E-state index < -0.39 is 0 Å². The van der Waals surface area contributed by atoms with E-state index in [1.165, 1.54) is 36.5 Å². The molecule has 0 fully saturated rings. The smallest absolute Gasteiger partial charge is 0.263 e. The lowest BCUT2D eigenvalue weighted by atomic mass is 10.1. The molecule has 0 bridgehead atoms. The number of nitrogens with zero attached hydrogens (tertiary/aromatic N) is 2. The van der Waals surface area contributed by atoms with Crippen LogP contribution in [0.4, 0.5) is 0 Å². The van der Waals surface area contributed by atoms with Gasteiger partial charge in [0.15, 0.2) is 17.3 Å². The normalized spacial score (nSPS) is 10.8. The van der Waals surface area contributed by atoms with Gasteiger partial charge in [-0.2, -0.15) is 0 Å². The first-order valence-corrected chi connectivity index (χ1v) is 10.3. The number of aromatic nitrogens is 2. The van der Waals surface area contributed by atoms with Crippen LogP contribution >= 0.6 is 11.3 Å². The minimum atomic E-state index is -0.258. The maximum absolute atomic E-state index is 13.2. The Morgan fingerprint density at radius 3 is 2.42 bits per heavy atom. The van der Waals surface area contributed by atoms with Gasteiger partial charge in [-0.25, -0.2) is 4.98 Å². The Morgan fingerprint density at radius 1 is 1.00 bits per heavy atom. The molecular formula is C23H20N2O5S. The molecule has 0 spiro atoms. The lowest BCUT2D eigenvalue weighted by Gasteiger charge is -2.10. The van der Waals surface area contributed by atoms with Gasteiger partial charge in [0.05, 0.1) is 39.6 Å². The number of fused-ring (bicyclic) bond motifs is 1. The molecule has 158 valence electrons. The lowest BCUT2D eigenvalue weighted by molar-refractivity contribution is 0.0970. The summed E-state index contributed by atoms with van der Waals surface area (Å²) in [6.45, 7) is -0.130. The van der Waals surface area contributed by atoms with Crippen molar-refractivity contribution in [3.63, 3.8) is 0 Å². The van der Waals surface area contributed by atoms with E-state index >= 15 is 0 Å². The van der Waals surface area contributed by atoms with E-state index in [0.29, 0.717) is 27.3 Å². The number of ether oxygens (including phenoxy) is 3. The summed E-state index contributed by atoms with van der Waals surface area (Å²) in [6.07, 6.45) is 1.41. The van der Waals surface area contributed by atoms with Crippen LogP contribution in [0.5, 0.6) is 17.2 Å². The Balaban J connectivity index is 1.69. The first-order chi connectivity index (χ1) is 15.0. The molecule has 2 aromatic heterocycles. The summed E-state index contributed by atoms with van der Waals surface area (Å²) < 4.78 is 17.0. The van der Waals surface area contributed by atoms with Crippen molar-refractivity contribution in [2.24, 2.45) is 0 Å². The quantitative estimate of drug-likeness (QED) is 0.407. The minimum Gasteiger partial charge on any atom is -0.497 e. The SMILES string of the molecule is COc1ccc(-c2csc3ncn(CC(=O)c4ccc(OC)c(OC)c4)c(=O)c23)cc1. The van der Waals surface area contributed by atoms with Gasteiger partial charge >= 0.3 is 0 Å². The number of carbonyl (C=O) groups excluding carboxylic acids is 1. The average Bonchev–Trinajstić information content (AvgIpc) is 3.25. The standard InChI is InChI=1S/C23H20N2O5S/c1-28-16-7-4-14(5-8-16)17-12-31-22-21(17)23(27)25(13-24-22)11-18(26)15-6-9-19(29-2)20(10-15)30-3/h4-10,12-13H,11H2,1-3H3. The van der Waals surface area contributed by atoms with Crippen molar-refractivity contribution < 1.29 is 19.0 Å². The molecule has 8 heteroatoms. The molecule has 7 nitrogen and oxygen atoms in total. The Morgan fingerprint density at radius 2 is 1.74 bits per heavy atom. The number of carbonyl (C=O) groups is 1. The molecule has 0 saturated heterocycles. The van der Waals surface area contributed by atoms with Crippen LogP contribution in [-0.2, 0) is 6.54 Å². The summed E-state index contributed by atoms with van der Waals surface area (Å²) in [5, 5.41) is 2.40. The molecule has 4 rings (SSSR count). The van der Waals surface area contributed by atoms with E-state index in [4.69, 9.17) is 14.2 Å². The van der Waals surface area contributed by atoms with Gasteiger partial charge in [-0.3, -0.25) is 14.2 Å². The highest BCUT2D eigenvalue weighted by atomic mass is 32.1. The van der Waals surface area contributed by atoms with E-state index in [-0.39, 0.29) is 17.9 Å². The number of hydrogen-bond acceptors (Lipinski definition) is 7. The number of rotatable bonds is 7. The summed E-state index contributed by atoms with van der Waals surface area (Å²) in [7, 11) is 4.64. The molecule has 31 heavy (non-hydrogen) atoms. The molecule has 0 atom stereocenters. The van der Waals surface area contributed by atoms with Crippen LogP contribution in [0.3, 0.4) is 0 Å². The molecule has 0 unspecified atom stereocenters. The zero-order valence-corrected chi connectivity index (χ0v) is 18.1. The number of methoxy groups -OCH3 is 3. The van der Waals surface area contributed by atoms with Gasteiger partial charge in [0.2, 0.25) is 0 Å². The van der Waals surface area contributed by atoms with Crippen LogP contribution in [0.2, 0.25) is 0 Å². The van der Waals surface area contributed by atoms with Crippen LogP contribution in [0, 0.1) is 0 Å². The number of hydrogen-bond donors (Lipinski definition) is 0. The Bertz CT molecular complexity index is 1310. The third-order valence-corrected chi connectivity index (χ3v) is 5.87. The van der Waals surface area contributed by atoms with Gasteiger partial charge in [-0.15, -0.1) is 11.3 Å². The number of benzene rings is 2. The second-order valence-electron chi connectivity index (χ2n) is 6.73. The van der Waals surface area contributed by atoms with Crippen molar-refractivity contribution in [1.82, 2.24) is 9.55 Å². The zero-order valence-electron chi connectivity index (χ0n) is 17.2. The first-order valence-electron chi connectivity index (χ1n) is 9.42. The first kappa shape index (κ1) is 20.6. The average molecular weight is 436 g/mol. The summed E-state index contributed by atoms with van der Waals surface area (Å²) in [5.74, 6) is 1.49. The fourth-order valence-electron chi connectivity index (χ4n) is 3.32. The second-order valence-corrected chi connectivity index (χ2v) is 7.59. The van der Waals surface area contributed by atoms with Crippen molar-refractivity contribution in [3.8, 4) is 28.4 Å². The molecular weight excluding hydrogens is 416 g/mol. The lowest BCUT2D eigenvalue weighted by Crippen LogP contribution is -2.24. The molecule has 0 aliphatic rings. The largest absolute Gasteiger partial charge is 0.497 e. The summed E-state index contributed by atoms with van der Waals surface area (Å²) in [6, 6.07) is 12.4. The second kappa shape index (κ2) is 8.61. The zero-order chi connectivity index (χ0) is 22.0. The highest BCUT2D eigenvalue weighted by Crippen LogP contribution is 2.32. The molecule has 0 amide bonds. The Labute approximate surface area is 182 Å². The van der Waals surface area contributed by atoms with Crippen molar-refractivity contribution >= 4 is 27.3 Å². The van der Waals surface area contributed by atoms with Crippen LogP contribution in [0.25, 0.3) is 21.3 Å². The molecule has 0 radical (unpaired) electrons. The molecule has 2 aromatic carbocycles. The molecule has 0 aliphatic carbocycles. The Kier molecular flexibility index (Phi) is 5.73. The minimum absolute atomic E-state index is 0.130. The summed E-state index contributed by atoms with van der Waals surface area (Å²) >= 11 is 1.39. The Hall–Kier alpha value is -3.65. The highest BCUT2D eigenvalue weighted by molar-refractivity contribution is 7.17. The van der Waals surface area contributed by atoms with E-state index in [1.54, 1.807) is 25.3 Å². The van der Waals surface area contributed by atoms with Gasteiger partial charge in [-0.05, 0) is 35.9 Å². The van der Waals surface area contributed by atoms with E-state index in [2.05, 4.69) is 4.98 Å². The highest BCUT2D eigenvalue weighted by Gasteiger charge is 2.16. The molecule has 0 saturated carbocycles. The molecule has 4 aromatic rings. The maximum atomic E-state index is 13.2. The van der Waals surface area contributed by atoms with Gasteiger partial charge in [-0.1, -0.05) is 12.1 Å². The maximum Gasteiger partial charge on any atom is 0.263 e. The van der Waals surface area contributed by atoms with Crippen molar-refractivity contribution in [2.45, 2.75) is 6.54 Å². The summed E-state index contributed by atoms with van der Waals surface area (Å²) in [5.41, 5.74) is 1.83. The van der Waals surface area contributed by atoms with Crippen LogP contribution < -0.4 is 19.8 Å². The number of Topliss-reactive ketones (excluding diaryl/α,β-unsaturated/α-hetero) is 1. The topological polar surface area (TPSA) is 79.7 Å². The van der Waals surface area contributed by atoms with Crippen LogP contribution in [0.15, 0.2) is 59.0 Å². The van der Waals surface area contributed by atoms with Gasteiger partial charge in [0.25, 0.3) is 5.56 Å². The predicted molar refractivity (Wildman–Crippen MR) is 120 cm³/mol. The van der Waals surface area contributed by atoms with E-state index in [1.807, 2.05) is 29.6 Å². The van der Waals surface area contributed by atoms with Crippen LogP contribution in [0.1, 0.15) is 10.4 Å². The van der Waals surface area contributed by atoms with Gasteiger partial charge in [0.1, 0.15) is 10.6 Å². The van der Waals surface area contributed by atoms with Crippen molar-refractivity contribution in [3.05, 3.63) is 70.1 Å². The number of thiophene rings is 1. The predicted octanol–water partition coefficient (Wildman–Crippen LogP) is 4.03. The van der Waals surface area contributed by atoms with Crippen LogP contribution in [-0.4, -0.2) is 36.7 Å². The van der Waals surface area contributed by atoms with Gasteiger partial charge < -0.3 is 14.2 Å². The van der Waals surface area contributed by atoms with E-state index in [0.717, 1.165) is 16.9 Å². The fraction of sp³-hybridized carbons (Fsp3) is 0.174. The fourth-order valence-corrected chi connectivity index (χ4v) is 4.23. The third-order valence-electron chi connectivity index (χ3n) is 4.98. The molecule has 0 aliphatic heterocycles. The van der Waals surface area contributed by atoms with Gasteiger partial charge in [0, 0.05) is 16.5 Å². The molecule has 0 N–H and O–H groups in total. The summed E-state index contributed by atoms with van der Waals surface area (Å²) in [4.78, 5) is 31.1.